The molecule has 0 aromatic carbocycles. The lowest BCUT2D eigenvalue weighted by Crippen LogP contribution is -2.66. The third kappa shape index (κ3) is 2.80. The van der Waals surface area contributed by atoms with Crippen molar-refractivity contribution in [2.45, 2.75) is 26.1 Å². The molecule has 0 aromatic rings. The molecule has 0 heterocycles. The van der Waals surface area contributed by atoms with Crippen LogP contribution in [-0.4, -0.2) is 5.78 Å². The molecule has 3 N–H and O–H groups in total. The van der Waals surface area contributed by atoms with Gasteiger partial charge in [-0.15, -0.1) is 0 Å². The molecule has 0 aliphatic carbocycles. The van der Waals surface area contributed by atoms with Crippen molar-refractivity contribution in [2.24, 2.45) is 5.92 Å². The highest BCUT2D eigenvalue weighted by Gasteiger charge is 2.17. The second-order valence-electron chi connectivity index (χ2n) is 2.49. The number of quaternary nitrogens is 1. The molecule has 62 valence electrons. The van der Waals surface area contributed by atoms with Crippen molar-refractivity contribution in [3.05, 3.63) is 0 Å². The van der Waals surface area contributed by atoms with Gasteiger partial charge in [-0.3, -0.25) is 0 Å². The van der Waals surface area contributed by atoms with Gasteiger partial charge in [0.1, 0.15) is 5.78 Å². The van der Waals surface area contributed by atoms with Gasteiger partial charge in [0, 0.05) is 5.92 Å². The minimum absolute atomic E-state index is 0.138. The van der Waals surface area contributed by atoms with E-state index in [9.17, 15) is 14.4 Å². The molecule has 0 spiro atoms. The van der Waals surface area contributed by atoms with Crippen LogP contribution in [0.15, 0.2) is 0 Å². The first-order chi connectivity index (χ1) is 4.39. The van der Waals surface area contributed by atoms with Crippen molar-refractivity contribution < 1.29 is 20.1 Å². The van der Waals surface area contributed by atoms with Crippen LogP contribution < -0.4 is 15.5 Å². The normalized spacial score (nSPS) is 18.5. The van der Waals surface area contributed by atoms with E-state index in [0.29, 0.717) is 6.42 Å². The number of hydrogen-bond acceptors (Lipinski definition) is 3. The minimum atomic E-state index is -4.44. The van der Waals surface area contributed by atoms with Crippen molar-refractivity contribution in [3.8, 4) is 0 Å². The molecular formula is C5H13NO3P-. The Morgan fingerprint density at radius 3 is 2.10 bits per heavy atom. The van der Waals surface area contributed by atoms with Crippen LogP contribution in [0.1, 0.15) is 20.3 Å². The summed E-state index contributed by atoms with van der Waals surface area (Å²) in [7, 11) is -4.44. The number of hydrogen-bond donors (Lipinski definition) is 1. The van der Waals surface area contributed by atoms with Crippen LogP contribution in [0.4, 0.5) is 0 Å². The molecule has 4 nitrogen and oxygen atoms in total. The van der Waals surface area contributed by atoms with Gasteiger partial charge in [-0.25, -0.2) is 0 Å². The highest BCUT2D eigenvalue weighted by atomic mass is 31.2. The molecule has 0 rings (SSSR count). The lowest BCUT2D eigenvalue weighted by Gasteiger charge is -2.35. The van der Waals surface area contributed by atoms with Crippen molar-refractivity contribution in [2.75, 3.05) is 0 Å². The predicted molar refractivity (Wildman–Crippen MR) is 33.7 cm³/mol. The molecular weight excluding hydrogens is 153 g/mol. The molecule has 0 bridgehead atoms. The van der Waals surface area contributed by atoms with Gasteiger partial charge in [-0.2, -0.15) is 0 Å². The van der Waals surface area contributed by atoms with E-state index in [-0.39, 0.29) is 5.92 Å². The first kappa shape index (κ1) is 10.1. The summed E-state index contributed by atoms with van der Waals surface area (Å²) < 4.78 is 10.3. The van der Waals surface area contributed by atoms with Crippen molar-refractivity contribution in [1.29, 1.82) is 0 Å². The van der Waals surface area contributed by atoms with E-state index < -0.39 is 13.4 Å². The third-order valence-corrected chi connectivity index (χ3v) is 3.03. The smallest absolute Gasteiger partial charge is 0.112 e. The fraction of sp³-hybridized carbons (Fsp3) is 1.00. The molecule has 0 unspecified atom stereocenters. The Morgan fingerprint density at radius 1 is 1.60 bits per heavy atom. The van der Waals surface area contributed by atoms with E-state index >= 15 is 0 Å². The zero-order chi connectivity index (χ0) is 8.36. The van der Waals surface area contributed by atoms with E-state index in [4.69, 9.17) is 0 Å². The summed E-state index contributed by atoms with van der Waals surface area (Å²) in [5, 5.41) is 0. The van der Waals surface area contributed by atoms with Gasteiger partial charge in [0.15, 0.2) is 0 Å². The predicted octanol–water partition coefficient (Wildman–Crippen LogP) is -1.49. The van der Waals surface area contributed by atoms with Crippen molar-refractivity contribution in [3.63, 3.8) is 0 Å². The highest BCUT2D eigenvalue weighted by Crippen LogP contribution is 2.31. The average molecular weight is 166 g/mol. The lowest BCUT2D eigenvalue weighted by molar-refractivity contribution is -0.439. The molecule has 0 saturated heterocycles. The maximum absolute atomic E-state index is 10.3. The van der Waals surface area contributed by atoms with Crippen LogP contribution in [0.25, 0.3) is 0 Å². The largest absolute Gasteiger partial charge is 0.807 e. The zero-order valence-electron chi connectivity index (χ0n) is 6.24. The van der Waals surface area contributed by atoms with Crippen molar-refractivity contribution >= 4 is 7.60 Å². The van der Waals surface area contributed by atoms with Gasteiger partial charge in [-0.05, 0) is 14.0 Å². The van der Waals surface area contributed by atoms with Crippen molar-refractivity contribution in [1.82, 2.24) is 0 Å². The molecule has 0 aliphatic heterocycles. The van der Waals surface area contributed by atoms with Gasteiger partial charge in [0.25, 0.3) is 0 Å². The summed E-state index contributed by atoms with van der Waals surface area (Å²) in [6.07, 6.45) is 0.669. The monoisotopic (exact) mass is 166 g/mol. The van der Waals surface area contributed by atoms with E-state index in [1.54, 1.807) is 6.92 Å². The quantitative estimate of drug-likeness (QED) is 0.518. The zero-order valence-corrected chi connectivity index (χ0v) is 7.14. The molecule has 0 aliphatic rings. The Bertz CT molecular complexity index is 144. The molecule has 0 aromatic heterocycles. The minimum Gasteiger partial charge on any atom is -0.807 e. The van der Waals surface area contributed by atoms with Gasteiger partial charge in [0.05, 0.1) is 0 Å². The maximum Gasteiger partial charge on any atom is 0.112 e. The van der Waals surface area contributed by atoms with E-state index in [0.717, 1.165) is 0 Å². The Labute approximate surface area is 60.6 Å². The lowest BCUT2D eigenvalue weighted by atomic mass is 10.1. The Balaban J connectivity index is 4.08. The van der Waals surface area contributed by atoms with Crippen LogP contribution in [0, 0.1) is 5.92 Å². The summed E-state index contributed by atoms with van der Waals surface area (Å²) in [6.45, 7) is 3.54. The Hall–Kier alpha value is 0.110. The molecule has 0 amide bonds. The van der Waals surface area contributed by atoms with Crippen LogP contribution in [0.3, 0.4) is 0 Å². The van der Waals surface area contributed by atoms with Crippen LogP contribution in [-0.2, 0) is 4.57 Å². The van der Waals surface area contributed by atoms with Gasteiger partial charge >= 0.3 is 0 Å². The van der Waals surface area contributed by atoms with Gasteiger partial charge in [-0.1, -0.05) is 13.8 Å². The summed E-state index contributed by atoms with van der Waals surface area (Å²) >= 11 is 0. The molecule has 10 heavy (non-hydrogen) atoms. The topological polar surface area (TPSA) is 90.8 Å². The third-order valence-electron chi connectivity index (χ3n) is 1.71. The maximum atomic E-state index is 10.3. The van der Waals surface area contributed by atoms with Crippen LogP contribution >= 0.6 is 7.60 Å². The SMILES string of the molecule is CC[C@@H](C)[C@@H]([NH3+])P(=O)([O-])[O-]. The summed E-state index contributed by atoms with van der Waals surface area (Å²) in [5.41, 5.74) is 3.29. The first-order valence-corrected chi connectivity index (χ1v) is 4.85. The van der Waals surface area contributed by atoms with E-state index in [1.807, 2.05) is 6.92 Å². The second kappa shape index (κ2) is 3.49. The van der Waals surface area contributed by atoms with Crippen LogP contribution in [0.5, 0.6) is 0 Å². The fourth-order valence-electron chi connectivity index (χ4n) is 0.584. The average Bonchev–Trinajstić information content (AvgIpc) is 1.83. The fourth-order valence-corrected chi connectivity index (χ4v) is 1.42. The summed E-state index contributed by atoms with van der Waals surface area (Å²) in [4.78, 5) is 20.7. The van der Waals surface area contributed by atoms with Gasteiger partial charge in [0.2, 0.25) is 0 Å². The number of rotatable bonds is 3. The van der Waals surface area contributed by atoms with Crippen LogP contribution in [0.2, 0.25) is 0 Å². The molecule has 0 saturated carbocycles. The first-order valence-electron chi connectivity index (χ1n) is 3.24. The summed E-state index contributed by atoms with van der Waals surface area (Å²) in [5.74, 6) is -1.11. The Morgan fingerprint density at radius 2 is 2.00 bits per heavy atom. The van der Waals surface area contributed by atoms with E-state index in [1.165, 1.54) is 0 Å². The molecule has 0 radical (unpaired) electrons. The highest BCUT2D eigenvalue weighted by molar-refractivity contribution is 7.49. The molecule has 2 atom stereocenters. The van der Waals surface area contributed by atoms with E-state index in [2.05, 4.69) is 5.73 Å². The van der Waals surface area contributed by atoms with Gasteiger partial charge < -0.3 is 20.1 Å². The molecule has 5 heteroatoms. The standard InChI is InChI=1S/C5H14NO3P/c1-3-4(2)5(6)10(7,8)9/h4-5H,3,6H2,1-2H3,(H2,7,8,9)/p-1/t4-,5+/m1/s1. The molecule has 0 fully saturated rings. The second-order valence-corrected chi connectivity index (χ2v) is 4.24. The Kier molecular flexibility index (Phi) is 3.52. The summed E-state index contributed by atoms with van der Waals surface area (Å²) in [6, 6.07) is 0.